The number of sulfone groups is 1. The Morgan fingerprint density at radius 3 is 2.33 bits per heavy atom. The average molecular weight is 748 g/mol. The Morgan fingerprint density at radius 1 is 1.00 bits per heavy atom. The van der Waals surface area contributed by atoms with Gasteiger partial charge in [-0.1, -0.05) is 71.7 Å². The Labute approximate surface area is 303 Å². The van der Waals surface area contributed by atoms with Crippen LogP contribution in [0.1, 0.15) is 66.9 Å². The van der Waals surface area contributed by atoms with E-state index in [1.165, 1.54) is 11.0 Å². The first kappa shape index (κ1) is 36.0. The predicted molar refractivity (Wildman–Crippen MR) is 199 cm³/mol. The van der Waals surface area contributed by atoms with Crippen LogP contribution in [0.25, 0.3) is 32.9 Å². The van der Waals surface area contributed by atoms with Crippen molar-refractivity contribution in [3.05, 3.63) is 47.5 Å². The summed E-state index contributed by atoms with van der Waals surface area (Å²) in [6, 6.07) is 6.74. The summed E-state index contributed by atoms with van der Waals surface area (Å²) >= 11 is 0. The Kier molecular flexibility index (Phi) is 8.77. The maximum atomic E-state index is 17.3. The van der Waals surface area contributed by atoms with Gasteiger partial charge in [0.1, 0.15) is 42.4 Å². The maximum absolute atomic E-state index is 17.3. The van der Waals surface area contributed by atoms with Crippen LogP contribution in [0, 0.1) is 23.1 Å². The summed E-state index contributed by atoms with van der Waals surface area (Å²) in [5.41, 5.74) is 4.36. The highest BCUT2D eigenvalue weighted by Gasteiger charge is 2.53. The first-order chi connectivity index (χ1) is 24.5. The van der Waals surface area contributed by atoms with Gasteiger partial charge in [0.25, 0.3) is 0 Å². The van der Waals surface area contributed by atoms with E-state index in [0.29, 0.717) is 40.2 Å². The second kappa shape index (κ2) is 12.7. The van der Waals surface area contributed by atoms with Crippen LogP contribution < -0.4 is 9.64 Å². The third kappa shape index (κ3) is 5.41. The molecule has 5 heterocycles. The molecular formula is C38H43F2N5O5SSi. The molecule has 2 saturated heterocycles. The number of hydrogen-bond donors (Lipinski definition) is 1. The van der Waals surface area contributed by atoms with Crippen LogP contribution in [0.4, 0.5) is 19.4 Å². The van der Waals surface area contributed by atoms with Crippen LogP contribution in [-0.2, 0) is 9.84 Å². The molecule has 0 radical (unpaired) electrons. The molecule has 0 aliphatic carbocycles. The van der Waals surface area contributed by atoms with Crippen molar-refractivity contribution in [2.24, 2.45) is 0 Å². The average Bonchev–Trinajstić information content (AvgIpc) is 3.32. The van der Waals surface area contributed by atoms with Gasteiger partial charge in [-0.15, -0.1) is 5.54 Å². The molecule has 4 atom stereocenters. The lowest BCUT2D eigenvalue weighted by Crippen LogP contribution is -2.64. The largest absolute Gasteiger partial charge is 0.472 e. The number of nitrogens with zero attached hydrogens (tertiary/aromatic N) is 5. The van der Waals surface area contributed by atoms with Crippen molar-refractivity contribution in [3.63, 3.8) is 0 Å². The second-order valence-corrected chi connectivity index (χ2v) is 22.8. The zero-order valence-electron chi connectivity index (χ0n) is 30.5. The lowest BCUT2D eigenvalue weighted by atomic mass is 9.96. The number of amides is 1. The number of halogens is 2. The van der Waals surface area contributed by atoms with Crippen molar-refractivity contribution in [1.29, 1.82) is 0 Å². The number of pyridine rings is 1. The molecule has 3 aliphatic rings. The molecule has 10 nitrogen and oxygen atoms in total. The molecule has 14 heteroatoms. The van der Waals surface area contributed by atoms with Gasteiger partial charge in [-0.2, -0.15) is 0 Å². The number of anilines is 1. The predicted octanol–water partition coefficient (Wildman–Crippen LogP) is 7.58. The number of carboxylic acid groups (broad SMARTS) is 1. The quantitative estimate of drug-likeness (QED) is 0.125. The molecule has 2 aromatic heterocycles. The van der Waals surface area contributed by atoms with Gasteiger partial charge in [-0.3, -0.25) is 4.90 Å². The number of hydrogen-bond acceptors (Lipinski definition) is 8. The van der Waals surface area contributed by atoms with Crippen LogP contribution in [-0.4, -0.2) is 84.6 Å². The van der Waals surface area contributed by atoms with Gasteiger partial charge in [-0.25, -0.2) is 36.9 Å². The summed E-state index contributed by atoms with van der Waals surface area (Å²) < 4.78 is 65.8. The number of aromatic nitrogens is 3. The van der Waals surface area contributed by atoms with Crippen molar-refractivity contribution in [2.75, 3.05) is 17.7 Å². The molecule has 2 bridgehead atoms. The molecule has 0 spiro atoms. The molecule has 1 amide bonds. The Hall–Kier alpha value is -4.35. The number of rotatable bonds is 5. The minimum absolute atomic E-state index is 0.0204. The van der Waals surface area contributed by atoms with E-state index in [1.807, 2.05) is 4.90 Å². The normalized spacial score (nSPS) is 21.4. The molecule has 1 N–H and O–H groups in total. The molecule has 4 aromatic rings. The van der Waals surface area contributed by atoms with Gasteiger partial charge >= 0.3 is 6.09 Å². The number of piperazine rings is 1. The molecule has 3 aliphatic heterocycles. The molecule has 4 unspecified atom stereocenters. The fraction of sp³-hybridized carbons (Fsp3) is 0.474. The summed E-state index contributed by atoms with van der Waals surface area (Å²) in [5, 5.41) is 10.6. The number of benzene rings is 2. The standard InChI is InChI=1S/C38H43F2N5O5SSi/c1-19(2)52(20(3)4,21(5)6)17-16-25-27(39)14-12-23-10-9-11-26(29(23)25)32-31(40)33-30-35(43-37(42-33)51(8,48)49)44-18-24-13-15-28(45(24)38(46)47)34(44)22(7)50-36(30)41-32/h9-12,14,19-22,24,28,34H,13,15,18H2,1-8H3,(H,46,47). The fourth-order valence-corrected chi connectivity index (χ4v) is 15.1. The van der Waals surface area contributed by atoms with E-state index in [4.69, 9.17) is 9.72 Å². The number of ether oxygens (including phenoxy) is 1. The smallest absolute Gasteiger partial charge is 0.407 e. The maximum Gasteiger partial charge on any atom is 0.407 e. The van der Waals surface area contributed by atoms with Gasteiger partial charge in [0, 0.05) is 23.8 Å². The summed E-state index contributed by atoms with van der Waals surface area (Å²) in [6.07, 6.45) is 0.426. The Morgan fingerprint density at radius 2 is 1.69 bits per heavy atom. The van der Waals surface area contributed by atoms with Crippen molar-refractivity contribution in [3.8, 4) is 28.6 Å². The summed E-state index contributed by atoms with van der Waals surface area (Å²) in [5.74, 6) is 1.90. The monoisotopic (exact) mass is 747 g/mol. The van der Waals surface area contributed by atoms with E-state index in [2.05, 4.69) is 63.0 Å². The first-order valence-electron chi connectivity index (χ1n) is 17.8. The Bertz CT molecular complexity index is 2300. The van der Waals surface area contributed by atoms with E-state index in [0.717, 1.165) is 6.26 Å². The highest BCUT2D eigenvalue weighted by Crippen LogP contribution is 2.47. The van der Waals surface area contributed by atoms with E-state index in [1.54, 1.807) is 31.2 Å². The zero-order chi connectivity index (χ0) is 37.6. The minimum Gasteiger partial charge on any atom is -0.472 e. The Balaban J connectivity index is 1.51. The third-order valence-corrected chi connectivity index (χ3v) is 18.7. The van der Waals surface area contributed by atoms with E-state index in [9.17, 15) is 18.3 Å². The van der Waals surface area contributed by atoms with Gasteiger partial charge in [-0.05, 0) is 47.8 Å². The number of carbonyl (C=O) groups is 1. The topological polar surface area (TPSA) is 126 Å². The minimum atomic E-state index is -4.04. The zero-order valence-corrected chi connectivity index (χ0v) is 32.3. The van der Waals surface area contributed by atoms with E-state index >= 15 is 8.78 Å². The second-order valence-electron chi connectivity index (χ2n) is 15.3. The van der Waals surface area contributed by atoms with Crippen molar-refractivity contribution in [2.45, 2.75) is 107 Å². The fourth-order valence-electron chi connectivity index (χ4n) is 9.34. The number of fused-ring (bicyclic) bond motifs is 6. The van der Waals surface area contributed by atoms with Crippen LogP contribution in [0.5, 0.6) is 5.88 Å². The highest BCUT2D eigenvalue weighted by atomic mass is 32.2. The molecule has 52 heavy (non-hydrogen) atoms. The molecule has 2 aromatic carbocycles. The van der Waals surface area contributed by atoms with Gasteiger partial charge in [0.05, 0.1) is 23.7 Å². The molecular weight excluding hydrogens is 705 g/mol. The van der Waals surface area contributed by atoms with Gasteiger partial charge in [0.15, 0.2) is 5.82 Å². The third-order valence-electron chi connectivity index (χ3n) is 11.5. The van der Waals surface area contributed by atoms with Crippen LogP contribution in [0.2, 0.25) is 16.6 Å². The summed E-state index contributed by atoms with van der Waals surface area (Å²) in [6.45, 7) is 15.0. The van der Waals surface area contributed by atoms with Crippen molar-refractivity contribution < 1.29 is 31.8 Å². The lowest BCUT2D eigenvalue weighted by Gasteiger charge is -2.47. The molecule has 0 saturated carbocycles. The van der Waals surface area contributed by atoms with Crippen molar-refractivity contribution in [1.82, 2.24) is 19.9 Å². The van der Waals surface area contributed by atoms with E-state index in [-0.39, 0.29) is 52.0 Å². The van der Waals surface area contributed by atoms with Gasteiger partial charge < -0.3 is 14.7 Å². The summed E-state index contributed by atoms with van der Waals surface area (Å²) in [4.78, 5) is 29.1. The van der Waals surface area contributed by atoms with Crippen LogP contribution in [0.3, 0.4) is 0 Å². The first-order valence-corrected chi connectivity index (χ1v) is 21.9. The highest BCUT2D eigenvalue weighted by molar-refractivity contribution is 7.90. The molecule has 2 fully saturated rings. The molecule has 274 valence electrons. The molecule has 7 rings (SSSR count). The SMILES string of the molecule is CC1Oc2nc(-c3cccc4ccc(F)c(C#C[Si](C(C)C)(C(C)C)C(C)C)c34)c(F)c3nc(S(C)(=O)=O)nc(c23)N2CC3CCC(C12)N3C(=O)O. The van der Waals surface area contributed by atoms with Gasteiger partial charge in [0.2, 0.25) is 20.9 Å². The lowest BCUT2D eigenvalue weighted by molar-refractivity contribution is 0.0707. The van der Waals surface area contributed by atoms with Crippen molar-refractivity contribution >= 4 is 51.5 Å². The van der Waals surface area contributed by atoms with Crippen LogP contribution >= 0.6 is 0 Å². The summed E-state index contributed by atoms with van der Waals surface area (Å²) in [7, 11) is -6.35. The van der Waals surface area contributed by atoms with E-state index < -0.39 is 59.0 Å². The van der Waals surface area contributed by atoms with Crippen LogP contribution in [0.15, 0.2) is 35.5 Å².